The van der Waals surface area contributed by atoms with Crippen molar-refractivity contribution in [3.05, 3.63) is 90.6 Å². The molecular formula is C23H19N3O. The molecule has 0 spiro atoms. The van der Waals surface area contributed by atoms with Crippen molar-refractivity contribution in [2.24, 2.45) is 0 Å². The summed E-state index contributed by atoms with van der Waals surface area (Å²) in [6.45, 7) is 0. The largest absolute Gasteiger partial charge is 0.305 e. The van der Waals surface area contributed by atoms with E-state index >= 15 is 0 Å². The number of para-hydroxylation sites is 1. The minimum Gasteiger partial charge on any atom is -0.305 e. The maximum Gasteiger partial charge on any atom is 0.227 e. The summed E-state index contributed by atoms with van der Waals surface area (Å²) in [5.41, 5.74) is 4.18. The van der Waals surface area contributed by atoms with Gasteiger partial charge in [-0.05, 0) is 42.3 Å². The maximum absolute atomic E-state index is 12.6. The molecule has 5 rings (SSSR count). The Morgan fingerprint density at radius 1 is 0.852 bits per heavy atom. The van der Waals surface area contributed by atoms with Gasteiger partial charge in [-0.3, -0.25) is 4.79 Å². The molecular weight excluding hydrogens is 334 g/mol. The lowest BCUT2D eigenvalue weighted by Crippen LogP contribution is -2.27. The molecule has 27 heavy (non-hydrogen) atoms. The first-order valence-electron chi connectivity index (χ1n) is 9.21. The van der Waals surface area contributed by atoms with E-state index < -0.39 is 0 Å². The first-order valence-corrected chi connectivity index (χ1v) is 9.21. The van der Waals surface area contributed by atoms with Crippen molar-refractivity contribution in [1.29, 1.82) is 0 Å². The van der Waals surface area contributed by atoms with Crippen LogP contribution in [0.1, 0.15) is 24.4 Å². The van der Waals surface area contributed by atoms with E-state index in [1.807, 2.05) is 70.4 Å². The number of carbonyl (C=O) groups excluding carboxylic acids is 1. The fraction of sp³-hybridized carbons (Fsp3) is 0.130. The van der Waals surface area contributed by atoms with Crippen LogP contribution in [0.25, 0.3) is 16.6 Å². The SMILES string of the molecule is O=C1CC[C@@H](c2ccccc2)N1c1ccc2c(cnn2-c2ccccc2)c1. The van der Waals surface area contributed by atoms with Gasteiger partial charge in [-0.1, -0.05) is 48.5 Å². The van der Waals surface area contributed by atoms with Crippen LogP contribution in [0.3, 0.4) is 0 Å². The van der Waals surface area contributed by atoms with Crippen LogP contribution < -0.4 is 4.90 Å². The van der Waals surface area contributed by atoms with Gasteiger partial charge >= 0.3 is 0 Å². The zero-order valence-electron chi connectivity index (χ0n) is 14.8. The number of fused-ring (bicyclic) bond motifs is 1. The Bertz CT molecular complexity index is 1100. The third-order valence-corrected chi connectivity index (χ3v) is 5.23. The van der Waals surface area contributed by atoms with Crippen LogP contribution in [0, 0.1) is 0 Å². The second-order valence-electron chi connectivity index (χ2n) is 6.86. The molecule has 0 N–H and O–H groups in total. The van der Waals surface area contributed by atoms with Gasteiger partial charge in [0.15, 0.2) is 0 Å². The molecule has 0 radical (unpaired) electrons. The van der Waals surface area contributed by atoms with Gasteiger partial charge in [0, 0.05) is 17.5 Å². The van der Waals surface area contributed by atoms with Crippen LogP contribution in [0.5, 0.6) is 0 Å². The summed E-state index contributed by atoms with van der Waals surface area (Å²) >= 11 is 0. The summed E-state index contributed by atoms with van der Waals surface area (Å²) < 4.78 is 1.93. The van der Waals surface area contributed by atoms with E-state index in [0.717, 1.165) is 28.7 Å². The smallest absolute Gasteiger partial charge is 0.227 e. The molecule has 0 saturated carbocycles. The van der Waals surface area contributed by atoms with Gasteiger partial charge in [0.2, 0.25) is 5.91 Å². The average molecular weight is 353 g/mol. The molecule has 4 aromatic rings. The van der Waals surface area contributed by atoms with Crippen molar-refractivity contribution >= 4 is 22.5 Å². The predicted octanol–water partition coefficient (Wildman–Crippen LogP) is 4.89. The molecule has 1 aliphatic heterocycles. The Morgan fingerprint density at radius 3 is 2.37 bits per heavy atom. The number of benzene rings is 3. The number of hydrogen-bond acceptors (Lipinski definition) is 2. The highest BCUT2D eigenvalue weighted by Gasteiger charge is 2.33. The average Bonchev–Trinajstić information content (AvgIpc) is 3.32. The maximum atomic E-state index is 12.6. The summed E-state index contributed by atoms with van der Waals surface area (Å²) in [6.07, 6.45) is 3.30. The standard InChI is InChI=1S/C23H19N3O/c27-23-14-13-21(17-7-3-1-4-8-17)25(23)20-11-12-22-18(15-20)16-24-26(22)19-9-5-2-6-10-19/h1-12,15-16,21H,13-14H2/t21-/m0/s1. The third-order valence-electron chi connectivity index (χ3n) is 5.23. The summed E-state index contributed by atoms with van der Waals surface area (Å²) in [5, 5.41) is 5.57. The van der Waals surface area contributed by atoms with Crippen LogP contribution in [-0.2, 0) is 4.79 Å². The molecule has 0 unspecified atom stereocenters. The zero-order valence-corrected chi connectivity index (χ0v) is 14.8. The van der Waals surface area contributed by atoms with Gasteiger partial charge in [-0.15, -0.1) is 0 Å². The van der Waals surface area contributed by atoms with Gasteiger partial charge in [-0.2, -0.15) is 5.10 Å². The number of carbonyl (C=O) groups is 1. The second kappa shape index (κ2) is 6.40. The fourth-order valence-electron chi connectivity index (χ4n) is 3.94. The van der Waals surface area contributed by atoms with Crippen molar-refractivity contribution in [3.8, 4) is 5.69 Å². The predicted molar refractivity (Wildman–Crippen MR) is 107 cm³/mol. The van der Waals surface area contributed by atoms with Crippen molar-refractivity contribution in [3.63, 3.8) is 0 Å². The molecule has 1 atom stereocenters. The van der Waals surface area contributed by atoms with E-state index in [4.69, 9.17) is 0 Å². The molecule has 2 heterocycles. The molecule has 1 fully saturated rings. The Hall–Kier alpha value is -3.40. The van der Waals surface area contributed by atoms with Gasteiger partial charge < -0.3 is 4.90 Å². The summed E-state index contributed by atoms with van der Waals surface area (Å²) in [5.74, 6) is 0.179. The third kappa shape index (κ3) is 2.70. The molecule has 132 valence electrons. The molecule has 1 aromatic heterocycles. The fourth-order valence-corrected chi connectivity index (χ4v) is 3.94. The van der Waals surface area contributed by atoms with Crippen LogP contribution in [-0.4, -0.2) is 15.7 Å². The van der Waals surface area contributed by atoms with Gasteiger partial charge in [0.05, 0.1) is 23.4 Å². The number of rotatable bonds is 3. The number of aromatic nitrogens is 2. The van der Waals surface area contributed by atoms with Gasteiger partial charge in [0.1, 0.15) is 0 Å². The van der Waals surface area contributed by atoms with E-state index in [1.165, 1.54) is 5.56 Å². The monoisotopic (exact) mass is 353 g/mol. The zero-order chi connectivity index (χ0) is 18.2. The van der Waals surface area contributed by atoms with E-state index in [0.29, 0.717) is 6.42 Å². The summed E-state index contributed by atoms with van der Waals surface area (Å²) in [6, 6.07) is 26.6. The van der Waals surface area contributed by atoms with Crippen molar-refractivity contribution in [1.82, 2.24) is 9.78 Å². The van der Waals surface area contributed by atoms with Crippen LogP contribution in [0.2, 0.25) is 0 Å². The van der Waals surface area contributed by atoms with Gasteiger partial charge in [0.25, 0.3) is 0 Å². The number of amides is 1. The number of hydrogen-bond donors (Lipinski definition) is 0. The Morgan fingerprint density at radius 2 is 1.59 bits per heavy atom. The van der Waals surface area contributed by atoms with E-state index in [-0.39, 0.29) is 11.9 Å². The first kappa shape index (κ1) is 15.8. The second-order valence-corrected chi connectivity index (χ2v) is 6.86. The molecule has 4 heteroatoms. The first-order chi connectivity index (χ1) is 13.3. The quantitative estimate of drug-likeness (QED) is 0.526. The molecule has 0 bridgehead atoms. The van der Waals surface area contributed by atoms with E-state index in [2.05, 4.69) is 29.4 Å². The van der Waals surface area contributed by atoms with Crippen LogP contribution >= 0.6 is 0 Å². The Kier molecular flexibility index (Phi) is 3.75. The lowest BCUT2D eigenvalue weighted by Gasteiger charge is -2.25. The lowest BCUT2D eigenvalue weighted by atomic mass is 10.0. The molecule has 1 amide bonds. The summed E-state index contributed by atoms with van der Waals surface area (Å²) in [4.78, 5) is 14.6. The number of anilines is 1. The van der Waals surface area contributed by atoms with Gasteiger partial charge in [-0.25, -0.2) is 4.68 Å². The molecule has 4 nitrogen and oxygen atoms in total. The molecule has 1 saturated heterocycles. The Labute approximate surface area is 157 Å². The van der Waals surface area contributed by atoms with Crippen LogP contribution in [0.15, 0.2) is 85.1 Å². The molecule has 3 aromatic carbocycles. The molecule has 0 aliphatic carbocycles. The van der Waals surface area contributed by atoms with E-state index in [9.17, 15) is 4.79 Å². The normalized spacial score (nSPS) is 17.0. The highest BCUT2D eigenvalue weighted by atomic mass is 16.2. The minimum absolute atomic E-state index is 0.0975. The van der Waals surface area contributed by atoms with E-state index in [1.54, 1.807) is 0 Å². The Balaban J connectivity index is 1.56. The van der Waals surface area contributed by atoms with Crippen molar-refractivity contribution in [2.45, 2.75) is 18.9 Å². The highest BCUT2D eigenvalue weighted by molar-refractivity contribution is 5.98. The highest BCUT2D eigenvalue weighted by Crippen LogP contribution is 2.38. The van der Waals surface area contributed by atoms with Crippen molar-refractivity contribution in [2.75, 3.05) is 4.90 Å². The lowest BCUT2D eigenvalue weighted by molar-refractivity contribution is -0.117. The molecule has 1 aliphatic rings. The number of nitrogens with zero attached hydrogens (tertiary/aromatic N) is 3. The topological polar surface area (TPSA) is 38.1 Å². The van der Waals surface area contributed by atoms with Crippen LogP contribution in [0.4, 0.5) is 5.69 Å². The van der Waals surface area contributed by atoms with Crippen molar-refractivity contribution < 1.29 is 4.79 Å². The minimum atomic E-state index is 0.0975. The summed E-state index contributed by atoms with van der Waals surface area (Å²) in [7, 11) is 0.